The van der Waals surface area contributed by atoms with Crippen LogP contribution < -0.4 is 37.7 Å². The number of thiazole rings is 1. The summed E-state index contributed by atoms with van der Waals surface area (Å²) in [6, 6.07) is 10.8. The molecule has 0 amide bonds. The molecule has 0 radical (unpaired) electrons. The number of allylic oxidation sites excluding steroid dienone is 1. The van der Waals surface area contributed by atoms with Gasteiger partial charge < -0.3 is 28.1 Å². The maximum absolute atomic E-state index is 13.2. The zero-order valence-electron chi connectivity index (χ0n) is 20.9. The number of rotatable bonds is 6. The molecule has 1 saturated carbocycles. The van der Waals surface area contributed by atoms with Gasteiger partial charge in [-0.05, 0) is 6.07 Å². The van der Waals surface area contributed by atoms with Gasteiger partial charge in [0.15, 0.2) is 0 Å². The first-order valence-corrected chi connectivity index (χ1v) is 11.8. The molecule has 1 aromatic heterocycles. The molecule has 0 spiro atoms. The minimum Gasteiger partial charge on any atom is -0.421 e. The van der Waals surface area contributed by atoms with E-state index in [1.54, 1.807) is 23.9 Å². The Hall–Kier alpha value is -1.65. The van der Waals surface area contributed by atoms with Crippen LogP contribution in [0.4, 0.5) is 8.78 Å². The van der Waals surface area contributed by atoms with Crippen LogP contribution in [0, 0.1) is 44.9 Å². The summed E-state index contributed by atoms with van der Waals surface area (Å²) in [5, 5.41) is 2.43. The molecule has 4 nitrogen and oxygen atoms in total. The van der Waals surface area contributed by atoms with Crippen LogP contribution in [0.2, 0.25) is 0 Å². The molecule has 0 aliphatic heterocycles. The number of halogens is 2. The van der Waals surface area contributed by atoms with Gasteiger partial charge in [-0.1, -0.05) is 48.4 Å². The summed E-state index contributed by atoms with van der Waals surface area (Å²) in [5.41, 5.74) is 1.14. The summed E-state index contributed by atoms with van der Waals surface area (Å²) in [6.45, 7) is 0. The van der Waals surface area contributed by atoms with Crippen LogP contribution in [0.3, 0.4) is 0 Å². The van der Waals surface area contributed by atoms with Gasteiger partial charge >= 0.3 is 37.7 Å². The number of hydrogen-bond donors (Lipinski definition) is 0. The average molecular weight is 516 g/mol. The standard InChI is InChI=1S/C12H13F2.C12H6NO3S2.2CH3.2Li/c13-11-6-5-10(12(14)8-11)7-9-3-1-2-4-9;14-8-10(7-12-13-4-5-17-12)9-2-1-3-11(6-9)18(15)16;;;;/h5-9H,1-4H2;1,3-7H;2*1H3;;/q-1;-3;2*-1;2*+1/b;10-7-;;;;. The first-order chi connectivity index (χ1) is 15.5. The van der Waals surface area contributed by atoms with Gasteiger partial charge in [0.25, 0.3) is 0 Å². The minimum atomic E-state index is -2.34. The van der Waals surface area contributed by atoms with Crippen molar-refractivity contribution in [1.82, 2.24) is 4.98 Å². The Kier molecular flexibility index (Phi) is 18.8. The van der Waals surface area contributed by atoms with Crippen molar-refractivity contribution < 1.29 is 59.7 Å². The Labute approximate surface area is 242 Å². The second-order valence-electron chi connectivity index (χ2n) is 7.08. The molecule has 184 valence electrons. The van der Waals surface area contributed by atoms with Crippen molar-refractivity contribution in [3.8, 4) is 0 Å². The number of carbonyl (C=O) groups excluding carboxylic acids is 1. The predicted molar refractivity (Wildman–Crippen MR) is 133 cm³/mol. The van der Waals surface area contributed by atoms with Crippen molar-refractivity contribution in [2.24, 2.45) is 5.92 Å². The van der Waals surface area contributed by atoms with E-state index in [9.17, 15) is 22.0 Å². The SMILES string of the molecule is Fc1ccc([CH-]C2CCCC2)c(F)c1.O=[C-]/C(=C/c1nccs1)c1[c-]ccc([S-](=O)=O)c1.[CH3-].[CH3-].[Li+].[Li+]. The van der Waals surface area contributed by atoms with Gasteiger partial charge in [0, 0.05) is 23.7 Å². The maximum Gasteiger partial charge on any atom is 1.00 e. The Balaban J connectivity index is 0. The predicted octanol–water partition coefficient (Wildman–Crippen LogP) is 0.878. The Morgan fingerprint density at radius 3 is 2.39 bits per heavy atom. The van der Waals surface area contributed by atoms with Crippen LogP contribution in [0.1, 0.15) is 41.8 Å². The van der Waals surface area contributed by atoms with E-state index in [2.05, 4.69) is 11.1 Å². The van der Waals surface area contributed by atoms with Gasteiger partial charge in [0.1, 0.15) is 5.82 Å². The van der Waals surface area contributed by atoms with Crippen LogP contribution in [-0.4, -0.2) is 11.3 Å². The van der Waals surface area contributed by atoms with Crippen molar-refractivity contribution in [2.75, 3.05) is 0 Å². The van der Waals surface area contributed by atoms with Gasteiger partial charge in [0.2, 0.25) is 0 Å². The molecular formula is C26H25F2Li2NO3S2-4. The molecule has 2 aromatic carbocycles. The van der Waals surface area contributed by atoms with Crippen LogP contribution in [0.5, 0.6) is 0 Å². The van der Waals surface area contributed by atoms with E-state index in [-0.39, 0.29) is 63.0 Å². The molecule has 36 heavy (non-hydrogen) atoms. The van der Waals surface area contributed by atoms with E-state index >= 15 is 0 Å². The third-order valence-electron chi connectivity index (χ3n) is 4.86. The summed E-state index contributed by atoms with van der Waals surface area (Å²) >= 11 is 1.37. The van der Waals surface area contributed by atoms with Crippen molar-refractivity contribution in [3.63, 3.8) is 0 Å². The number of hydrogen-bond acceptors (Lipinski definition) is 6. The molecule has 4 rings (SSSR count). The first-order valence-electron chi connectivity index (χ1n) is 9.87. The summed E-state index contributed by atoms with van der Waals surface area (Å²) < 4.78 is 47.5. The van der Waals surface area contributed by atoms with Crippen molar-refractivity contribution >= 4 is 40.0 Å². The van der Waals surface area contributed by atoms with Crippen molar-refractivity contribution in [2.45, 2.75) is 30.6 Å². The van der Waals surface area contributed by atoms with Crippen molar-refractivity contribution in [3.05, 3.63) is 103 Å². The quantitative estimate of drug-likeness (QED) is 0.212. The van der Waals surface area contributed by atoms with E-state index in [1.807, 2.05) is 6.42 Å². The van der Waals surface area contributed by atoms with Gasteiger partial charge in [-0.3, -0.25) is 14.9 Å². The summed E-state index contributed by atoms with van der Waals surface area (Å²) in [5.74, 6) is -0.474. The second kappa shape index (κ2) is 18.6. The summed E-state index contributed by atoms with van der Waals surface area (Å²) in [7, 11) is -2.34. The van der Waals surface area contributed by atoms with Crippen LogP contribution in [0.25, 0.3) is 11.6 Å². The molecule has 1 aliphatic carbocycles. The van der Waals surface area contributed by atoms with E-state index < -0.39 is 22.3 Å². The number of aromatic nitrogens is 1. The molecule has 3 aromatic rings. The van der Waals surface area contributed by atoms with E-state index in [0.717, 1.165) is 18.9 Å². The van der Waals surface area contributed by atoms with Gasteiger partial charge in [-0.2, -0.15) is 41.2 Å². The van der Waals surface area contributed by atoms with E-state index in [1.165, 1.54) is 54.5 Å². The summed E-state index contributed by atoms with van der Waals surface area (Å²) in [6.07, 6.45) is 11.6. The third-order valence-corrected chi connectivity index (χ3v) is 6.22. The normalized spacial score (nSPS) is 12.6. The third kappa shape index (κ3) is 11.2. The number of benzene rings is 2. The minimum absolute atomic E-state index is 0. The number of nitrogens with zero attached hydrogens (tertiary/aromatic N) is 1. The molecule has 0 saturated heterocycles. The molecular weight excluding hydrogens is 490 g/mol. The largest absolute Gasteiger partial charge is 1.00 e. The van der Waals surface area contributed by atoms with Crippen molar-refractivity contribution in [1.29, 1.82) is 0 Å². The first kappa shape index (κ1) is 36.5. The maximum atomic E-state index is 13.2. The zero-order chi connectivity index (χ0) is 22.9. The van der Waals surface area contributed by atoms with Crippen LogP contribution >= 0.6 is 11.3 Å². The molecule has 1 aliphatic rings. The molecule has 0 bridgehead atoms. The fourth-order valence-corrected chi connectivity index (χ4v) is 4.27. The van der Waals surface area contributed by atoms with Crippen LogP contribution in [0.15, 0.2) is 52.9 Å². The zero-order valence-corrected chi connectivity index (χ0v) is 22.6. The van der Waals surface area contributed by atoms with Crippen LogP contribution in [-0.2, 0) is 23.9 Å². The Morgan fingerprint density at radius 2 is 1.83 bits per heavy atom. The Morgan fingerprint density at radius 1 is 1.14 bits per heavy atom. The molecule has 1 heterocycles. The monoisotopic (exact) mass is 515 g/mol. The fraction of sp³-hybridized carbons (Fsp3) is 0.192. The smallest absolute Gasteiger partial charge is 0.421 e. The second-order valence-corrected chi connectivity index (χ2v) is 8.95. The van der Waals surface area contributed by atoms with E-state index in [4.69, 9.17) is 0 Å². The molecule has 0 N–H and O–H groups in total. The van der Waals surface area contributed by atoms with Gasteiger partial charge in [0.05, 0.1) is 5.01 Å². The molecule has 0 atom stereocenters. The molecule has 10 heteroatoms. The topological polar surface area (TPSA) is 64.1 Å². The Bertz CT molecular complexity index is 1160. The fourth-order valence-electron chi connectivity index (χ4n) is 3.31. The van der Waals surface area contributed by atoms with Gasteiger partial charge in [-0.25, -0.2) is 22.1 Å². The molecule has 0 unspecified atom stereocenters. The van der Waals surface area contributed by atoms with E-state index in [0.29, 0.717) is 22.1 Å². The molecule has 1 fully saturated rings. The summed E-state index contributed by atoms with van der Waals surface area (Å²) in [4.78, 5) is 15.0. The average Bonchev–Trinajstić information content (AvgIpc) is 3.49. The van der Waals surface area contributed by atoms with Gasteiger partial charge in [-0.15, -0.1) is 11.3 Å².